The average Bonchev–Trinajstić information content (AvgIpc) is 3.46. The number of sulfonamides is 1. The van der Waals surface area contributed by atoms with Crippen LogP contribution in [-0.4, -0.2) is 61.8 Å². The lowest BCUT2D eigenvalue weighted by molar-refractivity contribution is 0.0905. The second-order valence-corrected chi connectivity index (χ2v) is 14.7. The number of benzene rings is 2. The van der Waals surface area contributed by atoms with Crippen LogP contribution in [0.25, 0.3) is 11.0 Å². The van der Waals surface area contributed by atoms with Crippen molar-refractivity contribution in [3.8, 4) is 5.88 Å². The van der Waals surface area contributed by atoms with Gasteiger partial charge in [0.15, 0.2) is 0 Å². The molecule has 250 valence electrons. The Balaban J connectivity index is 1.45. The Kier molecular flexibility index (Phi) is 9.06. The Morgan fingerprint density at radius 1 is 1.08 bits per heavy atom. The molecule has 11 nitrogen and oxygen atoms in total. The van der Waals surface area contributed by atoms with Crippen molar-refractivity contribution in [1.82, 2.24) is 34.6 Å². The Bertz CT molecular complexity index is 2080. The van der Waals surface area contributed by atoms with Gasteiger partial charge in [-0.2, -0.15) is 4.31 Å². The van der Waals surface area contributed by atoms with E-state index >= 15 is 0 Å². The summed E-state index contributed by atoms with van der Waals surface area (Å²) in [5.74, 6) is -0.449. The molecule has 0 aliphatic carbocycles. The lowest BCUT2D eigenvalue weighted by Crippen LogP contribution is -2.48. The normalized spacial score (nSPS) is 16.9. The number of hydrogen-bond donors (Lipinski definition) is 1. The predicted octanol–water partition coefficient (Wildman–Crippen LogP) is 5.56. The van der Waals surface area contributed by atoms with E-state index in [1.807, 2.05) is 58.4 Å². The van der Waals surface area contributed by atoms with Crippen molar-refractivity contribution in [3.05, 3.63) is 107 Å². The molecule has 4 heterocycles. The van der Waals surface area contributed by atoms with Crippen LogP contribution in [0.4, 0.5) is 0 Å². The van der Waals surface area contributed by atoms with Crippen molar-refractivity contribution < 1.29 is 17.9 Å². The Labute approximate surface area is 281 Å². The van der Waals surface area contributed by atoms with E-state index in [1.165, 1.54) is 4.31 Å². The van der Waals surface area contributed by atoms with Crippen LogP contribution in [0.2, 0.25) is 0 Å². The molecule has 0 spiro atoms. The van der Waals surface area contributed by atoms with Crippen molar-refractivity contribution >= 4 is 27.0 Å². The van der Waals surface area contributed by atoms with E-state index < -0.39 is 15.6 Å². The number of nitrogens with one attached hydrogen (secondary N) is 1. The quantitative estimate of drug-likeness (QED) is 0.216. The van der Waals surface area contributed by atoms with E-state index in [0.29, 0.717) is 18.5 Å². The third-order valence-electron chi connectivity index (χ3n) is 9.22. The second kappa shape index (κ2) is 13.1. The molecule has 0 radical (unpaired) electrons. The molecule has 1 amide bonds. The molecule has 0 bridgehead atoms. The van der Waals surface area contributed by atoms with Crippen LogP contribution in [0.1, 0.15) is 78.2 Å². The standard InChI is InChI=1S/C36H41N7O4S/c1-7-28-22-42(48(45,46)31-12-10-18-38-35(31)47-28)21-27-19-25(14-13-23(27)3)32(36(5,6)39-34(44)26-11-9-17-37-20-26)29-15-16-30-33(24(29)4)40-41-43(30)8-2/h9-20,28,32H,7-8,21-22H2,1-6H3,(H,39,44)/t28-,32?/m1/s1. The van der Waals surface area contributed by atoms with Gasteiger partial charge in [-0.15, -0.1) is 5.10 Å². The fraction of sp³-hybridized carbons (Fsp3) is 0.361. The summed E-state index contributed by atoms with van der Waals surface area (Å²) < 4.78 is 37.4. The molecule has 1 unspecified atom stereocenters. The van der Waals surface area contributed by atoms with Crippen LogP contribution in [0.15, 0.2) is 78.1 Å². The average molecular weight is 668 g/mol. The van der Waals surface area contributed by atoms with Crippen molar-refractivity contribution in [2.24, 2.45) is 0 Å². The maximum Gasteiger partial charge on any atom is 0.253 e. The first-order valence-electron chi connectivity index (χ1n) is 16.2. The van der Waals surface area contributed by atoms with Crippen molar-refractivity contribution in [1.29, 1.82) is 0 Å². The molecule has 2 atom stereocenters. The van der Waals surface area contributed by atoms with Crippen LogP contribution in [-0.2, 0) is 23.1 Å². The van der Waals surface area contributed by atoms with Gasteiger partial charge in [0.05, 0.1) is 17.6 Å². The molecule has 3 aromatic heterocycles. The van der Waals surface area contributed by atoms with Gasteiger partial charge >= 0.3 is 0 Å². The van der Waals surface area contributed by atoms with E-state index in [1.54, 1.807) is 42.9 Å². The van der Waals surface area contributed by atoms with Crippen LogP contribution in [0.5, 0.6) is 5.88 Å². The van der Waals surface area contributed by atoms with Gasteiger partial charge in [-0.25, -0.2) is 18.1 Å². The summed E-state index contributed by atoms with van der Waals surface area (Å²) in [4.78, 5) is 22.0. The number of ether oxygens (including phenoxy) is 1. The molecule has 6 rings (SSSR count). The fourth-order valence-corrected chi connectivity index (χ4v) is 8.08. The lowest BCUT2D eigenvalue weighted by Gasteiger charge is -2.37. The van der Waals surface area contributed by atoms with Gasteiger partial charge in [0.2, 0.25) is 15.9 Å². The monoisotopic (exact) mass is 667 g/mol. The highest BCUT2D eigenvalue weighted by Crippen LogP contribution is 2.40. The number of rotatable bonds is 9. The Morgan fingerprint density at radius 2 is 1.88 bits per heavy atom. The first-order valence-corrected chi connectivity index (χ1v) is 17.6. The molecular weight excluding hydrogens is 627 g/mol. The number of carbonyl (C=O) groups is 1. The van der Waals surface area contributed by atoms with Crippen molar-refractivity contribution in [3.63, 3.8) is 0 Å². The topological polar surface area (TPSA) is 132 Å². The predicted molar refractivity (Wildman–Crippen MR) is 183 cm³/mol. The highest BCUT2D eigenvalue weighted by Gasteiger charge is 2.38. The van der Waals surface area contributed by atoms with Crippen LogP contribution < -0.4 is 10.1 Å². The number of aromatic nitrogens is 5. The minimum Gasteiger partial charge on any atom is -0.472 e. The molecule has 0 saturated heterocycles. The first-order chi connectivity index (χ1) is 22.9. The number of pyridine rings is 2. The molecule has 1 aliphatic rings. The van der Waals surface area contributed by atoms with Gasteiger partial charge in [0, 0.05) is 43.1 Å². The summed E-state index contributed by atoms with van der Waals surface area (Å²) in [6, 6.07) is 16.9. The molecule has 1 N–H and O–H groups in total. The number of carbonyl (C=O) groups excluding carboxylic acids is 1. The molecule has 12 heteroatoms. The minimum atomic E-state index is -3.90. The van der Waals surface area contributed by atoms with E-state index in [0.717, 1.165) is 38.9 Å². The maximum atomic E-state index is 14.0. The summed E-state index contributed by atoms with van der Waals surface area (Å²) in [7, 11) is -3.90. The van der Waals surface area contributed by atoms with Crippen molar-refractivity contribution in [2.45, 2.75) is 83.5 Å². The first kappa shape index (κ1) is 33.2. The van der Waals surface area contributed by atoms with Crippen LogP contribution >= 0.6 is 0 Å². The minimum absolute atomic E-state index is 0.0657. The van der Waals surface area contributed by atoms with E-state index in [2.05, 4.69) is 43.8 Å². The third kappa shape index (κ3) is 6.17. The second-order valence-electron chi connectivity index (χ2n) is 12.8. The van der Waals surface area contributed by atoms with Gasteiger partial charge in [-0.3, -0.25) is 9.78 Å². The van der Waals surface area contributed by atoms with Gasteiger partial charge in [0.1, 0.15) is 16.5 Å². The molecule has 5 aromatic rings. The Morgan fingerprint density at radius 3 is 2.60 bits per heavy atom. The van der Waals surface area contributed by atoms with Gasteiger partial charge in [0.25, 0.3) is 5.91 Å². The van der Waals surface area contributed by atoms with Crippen LogP contribution in [0, 0.1) is 13.8 Å². The maximum absolute atomic E-state index is 14.0. The molecule has 48 heavy (non-hydrogen) atoms. The van der Waals surface area contributed by atoms with Crippen LogP contribution in [0.3, 0.4) is 0 Å². The largest absolute Gasteiger partial charge is 0.472 e. The number of amides is 1. The number of fused-ring (bicyclic) bond motifs is 2. The molecular formula is C36H41N7O4S. The van der Waals surface area contributed by atoms with E-state index in [9.17, 15) is 13.2 Å². The lowest BCUT2D eigenvalue weighted by atomic mass is 9.74. The fourth-order valence-electron chi connectivity index (χ4n) is 6.56. The van der Waals surface area contributed by atoms with Gasteiger partial charge in [-0.05, 0) is 99.2 Å². The molecule has 0 fully saturated rings. The van der Waals surface area contributed by atoms with Gasteiger partial charge < -0.3 is 10.1 Å². The number of hydrogen-bond acceptors (Lipinski definition) is 8. The Hall–Kier alpha value is -4.68. The molecule has 1 aliphatic heterocycles. The summed E-state index contributed by atoms with van der Waals surface area (Å²) in [5.41, 5.74) is 6.07. The summed E-state index contributed by atoms with van der Waals surface area (Å²) in [5, 5.41) is 12.1. The van der Waals surface area contributed by atoms with E-state index in [4.69, 9.17) is 4.74 Å². The zero-order valence-corrected chi connectivity index (χ0v) is 29.0. The van der Waals surface area contributed by atoms with Crippen molar-refractivity contribution in [2.75, 3.05) is 6.54 Å². The zero-order valence-electron chi connectivity index (χ0n) is 28.1. The van der Waals surface area contributed by atoms with Gasteiger partial charge in [-0.1, -0.05) is 36.4 Å². The number of aryl methyl sites for hydroxylation is 3. The third-order valence-corrected chi connectivity index (χ3v) is 11.0. The smallest absolute Gasteiger partial charge is 0.253 e. The highest BCUT2D eigenvalue weighted by molar-refractivity contribution is 7.89. The highest BCUT2D eigenvalue weighted by atomic mass is 32.2. The van der Waals surface area contributed by atoms with E-state index in [-0.39, 0.29) is 41.8 Å². The SMILES string of the molecule is CC[C@@H]1CN(Cc2cc(C(c3ccc4c(nnn4CC)c3C)C(C)(C)NC(=O)c3cccnc3)ccc2C)S(=O)(=O)c2cccnc2O1. The molecule has 0 saturated carbocycles. The summed E-state index contributed by atoms with van der Waals surface area (Å²) in [6.07, 6.45) is 5.00. The molecule has 2 aromatic carbocycles. The summed E-state index contributed by atoms with van der Waals surface area (Å²) >= 11 is 0. The summed E-state index contributed by atoms with van der Waals surface area (Å²) in [6.45, 7) is 13.1. The zero-order chi connectivity index (χ0) is 34.2. The number of nitrogens with zero attached hydrogens (tertiary/aromatic N) is 6.